The van der Waals surface area contributed by atoms with E-state index in [0.717, 1.165) is 81.9 Å². The molecular formula is C55H62N2O15. The molecule has 0 aliphatic rings. The van der Waals surface area contributed by atoms with Gasteiger partial charge in [-0.1, -0.05) is 102 Å². The quantitative estimate of drug-likeness (QED) is 0.00588. The van der Waals surface area contributed by atoms with Crippen LogP contribution in [0, 0.1) is 10.1 Å². The molecule has 382 valence electrons. The molecule has 5 aromatic rings. The molecule has 0 spiro atoms. The van der Waals surface area contributed by atoms with Crippen LogP contribution in [0.3, 0.4) is 0 Å². The fourth-order valence-electron chi connectivity index (χ4n) is 7.01. The summed E-state index contributed by atoms with van der Waals surface area (Å²) in [6, 6.07) is 27.6. The van der Waals surface area contributed by atoms with Crippen LogP contribution < -0.4 is 24.7 Å². The fraction of sp³-hybridized carbons (Fsp3) is 0.327. The van der Waals surface area contributed by atoms with Crippen molar-refractivity contribution >= 4 is 41.2 Å². The van der Waals surface area contributed by atoms with Crippen LogP contribution in [0.4, 0.5) is 11.4 Å². The van der Waals surface area contributed by atoms with Gasteiger partial charge in [0.05, 0.1) is 47.0 Å². The van der Waals surface area contributed by atoms with Gasteiger partial charge in [0.2, 0.25) is 6.29 Å². The van der Waals surface area contributed by atoms with Crippen molar-refractivity contribution in [3.05, 3.63) is 154 Å². The van der Waals surface area contributed by atoms with Crippen LogP contribution >= 0.6 is 0 Å². The lowest BCUT2D eigenvalue weighted by molar-refractivity contribution is -0.385. The third-order valence-corrected chi connectivity index (χ3v) is 10.8. The molecule has 0 saturated heterocycles. The summed E-state index contributed by atoms with van der Waals surface area (Å²) in [7, 11) is 0. The van der Waals surface area contributed by atoms with E-state index in [1.54, 1.807) is 12.1 Å². The van der Waals surface area contributed by atoms with Gasteiger partial charge in [-0.2, -0.15) is 0 Å². The smallest absolute Gasteiger partial charge is 0.343 e. The van der Waals surface area contributed by atoms with Crippen molar-refractivity contribution in [2.75, 3.05) is 25.6 Å². The number of nitro groups is 1. The van der Waals surface area contributed by atoms with Gasteiger partial charge in [-0.25, -0.2) is 24.0 Å². The average Bonchev–Trinajstić information content (AvgIpc) is 3.37. The zero-order chi connectivity index (χ0) is 52.3. The highest BCUT2D eigenvalue weighted by Crippen LogP contribution is 2.38. The first kappa shape index (κ1) is 56.4. The number of benzene rings is 5. The summed E-state index contributed by atoms with van der Waals surface area (Å²) in [6.45, 7) is 8.50. The number of rotatable bonds is 29. The van der Waals surface area contributed by atoms with Crippen LogP contribution in [0.2, 0.25) is 0 Å². The van der Waals surface area contributed by atoms with Crippen molar-refractivity contribution in [2.24, 2.45) is 0 Å². The molecule has 1 unspecified atom stereocenters. The van der Waals surface area contributed by atoms with Gasteiger partial charge in [-0.3, -0.25) is 10.1 Å². The van der Waals surface area contributed by atoms with Crippen molar-refractivity contribution in [3.8, 4) is 34.1 Å². The minimum atomic E-state index is -1.44. The van der Waals surface area contributed by atoms with Gasteiger partial charge in [0.25, 0.3) is 0 Å². The second-order valence-corrected chi connectivity index (χ2v) is 16.3. The van der Waals surface area contributed by atoms with Gasteiger partial charge in [-0.05, 0) is 91.6 Å². The van der Waals surface area contributed by atoms with Crippen molar-refractivity contribution in [2.45, 2.75) is 97.2 Å². The van der Waals surface area contributed by atoms with Gasteiger partial charge in [0.15, 0.2) is 5.75 Å². The number of hydrogen-bond acceptors (Lipinski definition) is 14. The maximum Gasteiger partial charge on any atom is 0.343 e. The zero-order valence-corrected chi connectivity index (χ0v) is 40.6. The number of esters is 3. The van der Waals surface area contributed by atoms with Crippen LogP contribution in [-0.2, 0) is 14.3 Å². The number of nitro benzene ring substituents is 1. The number of ether oxygens (including phenoxy) is 6. The number of carboxylic acid groups (broad SMARTS) is 2. The molecule has 0 aromatic heterocycles. The van der Waals surface area contributed by atoms with Crippen molar-refractivity contribution < 1.29 is 67.5 Å². The molecule has 0 aliphatic carbocycles. The van der Waals surface area contributed by atoms with Crippen LogP contribution in [0.25, 0.3) is 11.1 Å². The second kappa shape index (κ2) is 30.4. The molecule has 17 heteroatoms. The Kier molecular flexibility index (Phi) is 23.8. The van der Waals surface area contributed by atoms with Gasteiger partial charge in [0.1, 0.15) is 17.2 Å². The van der Waals surface area contributed by atoms with Gasteiger partial charge in [-0.15, -0.1) is 0 Å². The zero-order valence-electron chi connectivity index (χ0n) is 40.6. The normalized spacial score (nSPS) is 10.9. The van der Waals surface area contributed by atoms with E-state index in [1.165, 1.54) is 87.2 Å². The predicted molar refractivity (Wildman–Crippen MR) is 270 cm³/mol. The van der Waals surface area contributed by atoms with Crippen LogP contribution in [0.5, 0.6) is 23.0 Å². The number of carboxylic acids is 2. The molecule has 0 aliphatic heterocycles. The summed E-state index contributed by atoms with van der Waals surface area (Å²) in [4.78, 5) is 70.4. The lowest BCUT2D eigenvalue weighted by Gasteiger charge is -2.16. The molecule has 0 saturated carbocycles. The summed E-state index contributed by atoms with van der Waals surface area (Å²) < 4.78 is 32.4. The summed E-state index contributed by atoms with van der Waals surface area (Å²) in [5.41, 5.74) is 6.30. The highest BCUT2D eigenvalue weighted by molar-refractivity contribution is 6.04. The maximum atomic E-state index is 12.9. The fourth-order valence-corrected chi connectivity index (χ4v) is 7.01. The number of aromatic carboxylic acids is 2. The molecule has 17 nitrogen and oxygen atoms in total. The highest BCUT2D eigenvalue weighted by atomic mass is 16.7. The van der Waals surface area contributed by atoms with E-state index in [-0.39, 0.29) is 45.7 Å². The van der Waals surface area contributed by atoms with Crippen molar-refractivity contribution in [1.82, 2.24) is 0 Å². The average molecular weight is 991 g/mol. The number of nitrogen functional groups attached to an aromatic ring is 1. The lowest BCUT2D eigenvalue weighted by Crippen LogP contribution is -2.23. The number of hydrogen-bond donors (Lipinski definition) is 3. The van der Waals surface area contributed by atoms with Gasteiger partial charge >= 0.3 is 35.5 Å². The van der Waals surface area contributed by atoms with E-state index in [2.05, 4.69) is 13.5 Å². The second-order valence-electron chi connectivity index (χ2n) is 16.3. The maximum absolute atomic E-state index is 12.9. The summed E-state index contributed by atoms with van der Waals surface area (Å²) >= 11 is 0. The van der Waals surface area contributed by atoms with Crippen molar-refractivity contribution in [3.63, 3.8) is 0 Å². The first-order valence-corrected chi connectivity index (χ1v) is 23.8. The number of carbonyl (C=O) groups excluding carboxylic acids is 3. The summed E-state index contributed by atoms with van der Waals surface area (Å²) in [5, 5.41) is 30.4. The highest BCUT2D eigenvalue weighted by Gasteiger charge is 2.23. The largest absolute Gasteiger partial charge is 0.494 e. The Morgan fingerprint density at radius 3 is 1.83 bits per heavy atom. The lowest BCUT2D eigenvalue weighted by atomic mass is 10.0. The van der Waals surface area contributed by atoms with E-state index in [4.69, 9.17) is 34.2 Å². The predicted octanol–water partition coefficient (Wildman–Crippen LogP) is 11.9. The Morgan fingerprint density at radius 1 is 0.653 bits per heavy atom. The Balaban J connectivity index is 0.000000470. The number of nitrogens with two attached hydrogens (primary N) is 1. The Hall–Kier alpha value is -8.21. The standard InChI is InChI=1S/C38H38N2O12.C17H24O3/c1-3-4-5-6-7-8-19-49-34-22-32(39)30(21-33(34)40(47)48)24-9-11-25(12-10-24)37(45)52-28-16-14-27(15-17-28)50-23(2)51-38(46)31-20-26(35(41)42)13-18-29(31)36(43)44;1-2-17(18)20-15-11-6-4-3-5-10-14-19-16-12-8-7-9-13-16/h9-18,20-23H,3-8,19,39H2,1-2H3,(H,41,42)(H,43,44);2,7-9,12-13H,1,3-6,10-11,14-15H2. The number of nitrogens with zero attached hydrogens (tertiary/aromatic N) is 1. The molecule has 0 amide bonds. The molecule has 0 radical (unpaired) electrons. The Labute approximate surface area is 418 Å². The Bertz CT molecular complexity index is 2560. The van der Waals surface area contributed by atoms with E-state index >= 15 is 0 Å². The molecular weight excluding hydrogens is 929 g/mol. The first-order chi connectivity index (χ1) is 34.7. The van der Waals surface area contributed by atoms with E-state index in [9.17, 15) is 44.3 Å². The number of unbranched alkanes of at least 4 members (excludes halogenated alkanes) is 10. The molecule has 0 fully saturated rings. The molecule has 5 rings (SSSR count). The SMILES string of the molecule is C=CC(=O)OCCCCCCCCOc1ccccc1.CCCCCCCCOc1cc(N)c(-c2ccc(C(=O)Oc3ccc(OC(C)OC(=O)c4cc(C(=O)O)ccc4C(=O)O)cc3)cc2)cc1[N+](=O)[O-]. The summed E-state index contributed by atoms with van der Waals surface area (Å²) in [6.07, 6.45) is 13.0. The van der Waals surface area contributed by atoms with Gasteiger partial charge in [0, 0.05) is 36.4 Å². The number of anilines is 1. The van der Waals surface area contributed by atoms with E-state index < -0.39 is 46.2 Å². The van der Waals surface area contributed by atoms with Crippen molar-refractivity contribution in [1.29, 1.82) is 0 Å². The summed E-state index contributed by atoms with van der Waals surface area (Å²) in [5.74, 6) is -3.48. The third-order valence-electron chi connectivity index (χ3n) is 10.8. The molecule has 0 bridgehead atoms. The van der Waals surface area contributed by atoms with E-state index in [1.807, 2.05) is 30.3 Å². The van der Waals surface area contributed by atoms with Crippen LogP contribution in [0.15, 0.2) is 122 Å². The minimum absolute atomic E-state index is 0.101. The number of para-hydroxylation sites is 1. The Morgan fingerprint density at radius 2 is 1.24 bits per heavy atom. The van der Waals surface area contributed by atoms with Crippen LogP contribution in [-0.4, -0.2) is 71.1 Å². The van der Waals surface area contributed by atoms with Crippen LogP contribution in [0.1, 0.15) is 132 Å². The third kappa shape index (κ3) is 19.3. The monoisotopic (exact) mass is 990 g/mol. The molecule has 1 atom stereocenters. The number of carbonyl (C=O) groups is 5. The molecule has 72 heavy (non-hydrogen) atoms. The minimum Gasteiger partial charge on any atom is -0.494 e. The van der Waals surface area contributed by atoms with E-state index in [0.29, 0.717) is 24.3 Å². The topological polar surface area (TPSA) is 250 Å². The molecule has 4 N–H and O–H groups in total. The first-order valence-electron chi connectivity index (χ1n) is 23.8. The molecule has 0 heterocycles. The van der Waals surface area contributed by atoms with Gasteiger partial charge < -0.3 is 44.4 Å². The molecule has 5 aromatic carbocycles.